The number of piperazine rings is 1. The highest BCUT2D eigenvalue weighted by atomic mass is 15.3. The van der Waals surface area contributed by atoms with Gasteiger partial charge in [0.2, 0.25) is 0 Å². The summed E-state index contributed by atoms with van der Waals surface area (Å²) in [7, 11) is 0. The molecule has 0 saturated carbocycles. The largest absolute Gasteiger partial charge is 0.369 e. The molecule has 18 heavy (non-hydrogen) atoms. The molecule has 4 heteroatoms. The third kappa shape index (κ3) is 2.20. The van der Waals surface area contributed by atoms with Crippen molar-refractivity contribution in [2.75, 3.05) is 44.2 Å². The van der Waals surface area contributed by atoms with Gasteiger partial charge in [0, 0.05) is 51.0 Å². The molecule has 1 N–H and O–H groups in total. The first-order valence-corrected chi connectivity index (χ1v) is 6.57. The van der Waals surface area contributed by atoms with E-state index >= 15 is 0 Å². The minimum Gasteiger partial charge on any atom is -0.369 e. The predicted molar refractivity (Wildman–Crippen MR) is 71.6 cm³/mol. The van der Waals surface area contributed by atoms with Crippen LogP contribution in [0.5, 0.6) is 0 Å². The molecule has 94 valence electrons. The number of rotatable bonds is 2. The van der Waals surface area contributed by atoms with E-state index in [4.69, 9.17) is 5.26 Å². The minimum atomic E-state index is 0.748. The van der Waals surface area contributed by atoms with E-state index in [0.29, 0.717) is 0 Å². The van der Waals surface area contributed by atoms with Crippen molar-refractivity contribution >= 4 is 5.69 Å². The third-order valence-corrected chi connectivity index (χ3v) is 3.93. The van der Waals surface area contributed by atoms with Crippen LogP contribution in [0.3, 0.4) is 0 Å². The SMILES string of the molecule is N#Cc1cccc(N2CCN(C3CNC3)CC2)c1. The average Bonchev–Trinajstić information content (AvgIpc) is 2.38. The molecule has 0 radical (unpaired) electrons. The van der Waals surface area contributed by atoms with Gasteiger partial charge in [0.25, 0.3) is 0 Å². The molecule has 2 heterocycles. The summed E-state index contributed by atoms with van der Waals surface area (Å²) in [6.07, 6.45) is 0. The molecular formula is C14H18N4. The lowest BCUT2D eigenvalue weighted by atomic mass is 10.1. The Morgan fingerprint density at radius 3 is 2.56 bits per heavy atom. The Hall–Kier alpha value is -1.57. The van der Waals surface area contributed by atoms with Gasteiger partial charge in [-0.2, -0.15) is 5.26 Å². The smallest absolute Gasteiger partial charge is 0.0992 e. The molecular weight excluding hydrogens is 224 g/mol. The number of benzene rings is 1. The zero-order chi connectivity index (χ0) is 12.4. The minimum absolute atomic E-state index is 0.748. The molecule has 0 aromatic heterocycles. The topological polar surface area (TPSA) is 42.3 Å². The number of anilines is 1. The summed E-state index contributed by atoms with van der Waals surface area (Å²) < 4.78 is 0. The monoisotopic (exact) mass is 242 g/mol. The van der Waals surface area contributed by atoms with Crippen molar-refractivity contribution in [1.82, 2.24) is 10.2 Å². The van der Waals surface area contributed by atoms with Gasteiger partial charge in [-0.25, -0.2) is 0 Å². The van der Waals surface area contributed by atoms with Crippen molar-refractivity contribution in [3.63, 3.8) is 0 Å². The van der Waals surface area contributed by atoms with Gasteiger partial charge in [-0.05, 0) is 18.2 Å². The lowest BCUT2D eigenvalue weighted by Crippen LogP contribution is -2.61. The van der Waals surface area contributed by atoms with E-state index in [-0.39, 0.29) is 0 Å². The van der Waals surface area contributed by atoms with Crippen molar-refractivity contribution in [3.8, 4) is 6.07 Å². The molecule has 2 saturated heterocycles. The molecule has 0 spiro atoms. The summed E-state index contributed by atoms with van der Waals surface area (Å²) in [6, 6.07) is 10.9. The van der Waals surface area contributed by atoms with E-state index in [1.807, 2.05) is 18.2 Å². The van der Waals surface area contributed by atoms with Crippen LogP contribution in [0.4, 0.5) is 5.69 Å². The maximum absolute atomic E-state index is 8.93. The molecule has 0 bridgehead atoms. The van der Waals surface area contributed by atoms with Crippen molar-refractivity contribution < 1.29 is 0 Å². The van der Waals surface area contributed by atoms with Crippen LogP contribution in [0, 0.1) is 11.3 Å². The molecule has 0 unspecified atom stereocenters. The van der Waals surface area contributed by atoms with Crippen molar-refractivity contribution in [1.29, 1.82) is 5.26 Å². The standard InChI is InChI=1S/C14H18N4/c15-9-12-2-1-3-13(8-12)17-4-6-18(7-5-17)14-10-16-11-14/h1-3,8,14,16H,4-7,10-11H2. The highest BCUT2D eigenvalue weighted by Gasteiger charge is 2.27. The van der Waals surface area contributed by atoms with E-state index in [0.717, 1.165) is 50.9 Å². The van der Waals surface area contributed by atoms with Crippen molar-refractivity contribution in [3.05, 3.63) is 29.8 Å². The predicted octanol–water partition coefficient (Wildman–Crippen LogP) is 0.652. The second kappa shape index (κ2) is 4.97. The van der Waals surface area contributed by atoms with Gasteiger partial charge >= 0.3 is 0 Å². The molecule has 0 aliphatic carbocycles. The van der Waals surface area contributed by atoms with E-state index in [9.17, 15) is 0 Å². The zero-order valence-electron chi connectivity index (χ0n) is 10.5. The second-order valence-electron chi connectivity index (χ2n) is 5.00. The number of nitrogens with zero attached hydrogens (tertiary/aromatic N) is 3. The van der Waals surface area contributed by atoms with Crippen LogP contribution in [0.25, 0.3) is 0 Å². The summed E-state index contributed by atoms with van der Waals surface area (Å²) >= 11 is 0. The Morgan fingerprint density at radius 2 is 1.94 bits per heavy atom. The van der Waals surface area contributed by atoms with Crippen LogP contribution in [-0.4, -0.2) is 50.2 Å². The molecule has 1 aromatic rings. The first-order valence-electron chi connectivity index (χ1n) is 6.57. The molecule has 0 amide bonds. The lowest BCUT2D eigenvalue weighted by Gasteiger charge is -2.43. The van der Waals surface area contributed by atoms with E-state index in [1.54, 1.807) is 0 Å². The fraction of sp³-hybridized carbons (Fsp3) is 0.500. The highest BCUT2D eigenvalue weighted by molar-refractivity contribution is 5.51. The first kappa shape index (κ1) is 11.5. The second-order valence-corrected chi connectivity index (χ2v) is 5.00. The van der Waals surface area contributed by atoms with Gasteiger partial charge in [-0.1, -0.05) is 6.07 Å². The first-order chi connectivity index (χ1) is 8.86. The van der Waals surface area contributed by atoms with E-state index in [1.165, 1.54) is 5.69 Å². The van der Waals surface area contributed by atoms with Gasteiger partial charge in [-0.3, -0.25) is 4.90 Å². The average molecular weight is 242 g/mol. The molecule has 0 atom stereocenters. The van der Waals surface area contributed by atoms with E-state index in [2.05, 4.69) is 27.3 Å². The number of nitrogens with one attached hydrogen (secondary N) is 1. The van der Waals surface area contributed by atoms with Crippen molar-refractivity contribution in [2.45, 2.75) is 6.04 Å². The maximum atomic E-state index is 8.93. The van der Waals surface area contributed by atoms with Crippen LogP contribution in [0.2, 0.25) is 0 Å². The van der Waals surface area contributed by atoms with Gasteiger partial charge < -0.3 is 10.2 Å². The van der Waals surface area contributed by atoms with Crippen LogP contribution in [0.15, 0.2) is 24.3 Å². The number of hydrogen-bond donors (Lipinski definition) is 1. The molecule has 2 aliphatic rings. The Kier molecular flexibility index (Phi) is 3.18. The molecule has 2 fully saturated rings. The summed E-state index contributed by atoms with van der Waals surface area (Å²) in [5.41, 5.74) is 1.93. The third-order valence-electron chi connectivity index (χ3n) is 3.93. The van der Waals surface area contributed by atoms with Crippen LogP contribution < -0.4 is 10.2 Å². The van der Waals surface area contributed by atoms with E-state index < -0.39 is 0 Å². The Bertz CT molecular complexity index is 453. The van der Waals surface area contributed by atoms with Gasteiger partial charge in [0.15, 0.2) is 0 Å². The summed E-state index contributed by atoms with van der Waals surface area (Å²) in [6.45, 7) is 6.66. The molecule has 4 nitrogen and oxygen atoms in total. The quantitative estimate of drug-likeness (QED) is 0.827. The summed E-state index contributed by atoms with van der Waals surface area (Å²) in [5.74, 6) is 0. The van der Waals surface area contributed by atoms with Crippen LogP contribution in [-0.2, 0) is 0 Å². The van der Waals surface area contributed by atoms with Crippen molar-refractivity contribution in [2.24, 2.45) is 0 Å². The fourth-order valence-corrected chi connectivity index (χ4v) is 2.65. The molecule has 3 rings (SSSR count). The van der Waals surface area contributed by atoms with Crippen LogP contribution >= 0.6 is 0 Å². The summed E-state index contributed by atoms with van der Waals surface area (Å²) in [4.78, 5) is 4.95. The van der Waals surface area contributed by atoms with Gasteiger partial charge in [-0.15, -0.1) is 0 Å². The van der Waals surface area contributed by atoms with Gasteiger partial charge in [0.05, 0.1) is 11.6 Å². The number of hydrogen-bond acceptors (Lipinski definition) is 4. The Labute approximate surface area is 108 Å². The highest BCUT2D eigenvalue weighted by Crippen LogP contribution is 2.19. The normalized spacial score (nSPS) is 21.4. The van der Waals surface area contributed by atoms with Gasteiger partial charge in [0.1, 0.15) is 0 Å². The Morgan fingerprint density at radius 1 is 1.17 bits per heavy atom. The maximum Gasteiger partial charge on any atom is 0.0992 e. The zero-order valence-corrected chi connectivity index (χ0v) is 10.5. The molecule has 1 aromatic carbocycles. The fourth-order valence-electron chi connectivity index (χ4n) is 2.65. The van der Waals surface area contributed by atoms with Crippen LogP contribution in [0.1, 0.15) is 5.56 Å². The lowest BCUT2D eigenvalue weighted by molar-refractivity contribution is 0.138. The molecule has 2 aliphatic heterocycles. The summed E-state index contributed by atoms with van der Waals surface area (Å²) in [5, 5.41) is 12.3. The number of nitriles is 1. The Balaban J connectivity index is 1.63.